The van der Waals surface area contributed by atoms with Crippen molar-refractivity contribution < 1.29 is 9.53 Å². The number of rotatable bonds is 5. The summed E-state index contributed by atoms with van der Waals surface area (Å²) in [7, 11) is 1.57. The van der Waals surface area contributed by atoms with Gasteiger partial charge in [-0.25, -0.2) is 0 Å². The Kier molecular flexibility index (Phi) is 6.84. The predicted molar refractivity (Wildman–Crippen MR) is 99.4 cm³/mol. The van der Waals surface area contributed by atoms with E-state index in [1.165, 1.54) is 0 Å². The van der Waals surface area contributed by atoms with Crippen LogP contribution < -0.4 is 20.9 Å². The molecule has 0 saturated heterocycles. The summed E-state index contributed by atoms with van der Waals surface area (Å²) in [6.07, 6.45) is 0.797. The summed E-state index contributed by atoms with van der Waals surface area (Å²) in [6, 6.07) is 14.4. The normalized spacial score (nSPS) is 9.92. The number of ether oxygens (including phenoxy) is 1. The van der Waals surface area contributed by atoms with Crippen molar-refractivity contribution in [3.05, 3.63) is 64.7 Å². The quantitative estimate of drug-likeness (QED) is 0.563. The molecule has 0 atom stereocenters. The minimum absolute atomic E-state index is 0.278. The Balaban J connectivity index is 1.70. The number of thiocarbonyl (C=S) groups is 1. The van der Waals surface area contributed by atoms with E-state index in [0.717, 1.165) is 12.0 Å². The Bertz CT molecular complexity index is 690. The number of carbonyl (C=O) groups excluding carboxylic acids is 1. The zero-order chi connectivity index (χ0) is 17.4. The molecule has 0 fully saturated rings. The summed E-state index contributed by atoms with van der Waals surface area (Å²) in [5.41, 5.74) is 6.87. The first kappa shape index (κ1) is 18.0. The molecule has 7 heteroatoms. The third-order valence-corrected chi connectivity index (χ3v) is 3.75. The van der Waals surface area contributed by atoms with Crippen LogP contribution in [-0.2, 0) is 6.42 Å². The maximum Gasteiger partial charge on any atom is 0.269 e. The molecule has 0 heterocycles. The lowest BCUT2D eigenvalue weighted by Crippen LogP contribution is -2.47. The highest BCUT2D eigenvalue weighted by molar-refractivity contribution is 7.80. The third-order valence-electron chi connectivity index (χ3n) is 3.25. The van der Waals surface area contributed by atoms with Crippen LogP contribution in [0.15, 0.2) is 48.5 Å². The highest BCUT2D eigenvalue weighted by Gasteiger charge is 2.05. The predicted octanol–water partition coefficient (Wildman–Crippen LogP) is 2.70. The van der Waals surface area contributed by atoms with E-state index in [-0.39, 0.29) is 5.91 Å². The number of halogens is 1. The highest BCUT2D eigenvalue weighted by Crippen LogP contribution is 2.11. The second-order valence-electron chi connectivity index (χ2n) is 4.94. The topological polar surface area (TPSA) is 62.4 Å². The van der Waals surface area contributed by atoms with Crippen LogP contribution >= 0.6 is 23.8 Å². The number of hydrazine groups is 1. The molecule has 24 heavy (non-hydrogen) atoms. The summed E-state index contributed by atoms with van der Waals surface area (Å²) in [5, 5.41) is 4.09. The molecular formula is C17H18ClN3O2S. The summed E-state index contributed by atoms with van der Waals surface area (Å²) in [4.78, 5) is 12.0. The molecule has 5 nitrogen and oxygen atoms in total. The van der Waals surface area contributed by atoms with Crippen molar-refractivity contribution in [3.8, 4) is 5.75 Å². The van der Waals surface area contributed by atoms with Gasteiger partial charge in [-0.05, 0) is 60.6 Å². The molecule has 0 aromatic heterocycles. The molecule has 0 saturated carbocycles. The highest BCUT2D eigenvalue weighted by atomic mass is 35.5. The molecule has 2 aromatic rings. The molecule has 0 aliphatic rings. The standard InChI is InChI=1S/C17H18ClN3O2S/c1-23-15-8-4-13(5-9-15)16(22)20-21-17(24)19-11-10-12-2-6-14(18)7-3-12/h2-9H,10-11H2,1H3,(H,20,22)(H2,19,21,24). The van der Waals surface area contributed by atoms with Crippen LogP contribution in [0.3, 0.4) is 0 Å². The van der Waals surface area contributed by atoms with Crippen molar-refractivity contribution in [2.45, 2.75) is 6.42 Å². The summed E-state index contributed by atoms with van der Waals surface area (Å²) < 4.78 is 5.05. The number of hydrogen-bond donors (Lipinski definition) is 3. The zero-order valence-electron chi connectivity index (χ0n) is 13.1. The Morgan fingerprint density at radius 2 is 1.75 bits per heavy atom. The van der Waals surface area contributed by atoms with Gasteiger partial charge in [0.25, 0.3) is 5.91 Å². The second-order valence-corrected chi connectivity index (χ2v) is 5.78. The molecule has 0 radical (unpaired) electrons. The van der Waals surface area contributed by atoms with Crippen molar-refractivity contribution >= 4 is 34.8 Å². The lowest BCUT2D eigenvalue weighted by molar-refractivity contribution is 0.0943. The number of hydrogen-bond acceptors (Lipinski definition) is 3. The molecule has 1 amide bonds. The average Bonchev–Trinajstić information content (AvgIpc) is 2.61. The van der Waals surface area contributed by atoms with Crippen LogP contribution in [0.5, 0.6) is 5.75 Å². The fourth-order valence-corrected chi connectivity index (χ4v) is 2.22. The number of methoxy groups -OCH3 is 1. The molecule has 0 aliphatic carbocycles. The van der Waals surface area contributed by atoms with Crippen LogP contribution in [-0.4, -0.2) is 24.7 Å². The van der Waals surface area contributed by atoms with Crippen molar-refractivity contribution in [1.29, 1.82) is 0 Å². The molecule has 0 spiro atoms. The maximum absolute atomic E-state index is 12.0. The molecule has 0 bridgehead atoms. The van der Waals surface area contributed by atoms with Gasteiger partial charge in [-0.15, -0.1) is 0 Å². The molecule has 126 valence electrons. The summed E-state index contributed by atoms with van der Waals surface area (Å²) in [5.74, 6) is 0.415. The molecule has 0 unspecified atom stereocenters. The first-order valence-electron chi connectivity index (χ1n) is 7.31. The molecule has 3 N–H and O–H groups in total. The van der Waals surface area contributed by atoms with Gasteiger partial charge in [0.2, 0.25) is 0 Å². The van der Waals surface area contributed by atoms with E-state index < -0.39 is 0 Å². The van der Waals surface area contributed by atoms with E-state index >= 15 is 0 Å². The SMILES string of the molecule is COc1ccc(C(=O)NNC(=S)NCCc2ccc(Cl)cc2)cc1. The summed E-state index contributed by atoms with van der Waals surface area (Å²) in [6.45, 7) is 0.645. The fraction of sp³-hybridized carbons (Fsp3) is 0.176. The van der Waals surface area contributed by atoms with Crippen molar-refractivity contribution in [2.24, 2.45) is 0 Å². The van der Waals surface area contributed by atoms with E-state index in [2.05, 4.69) is 16.2 Å². The Morgan fingerprint density at radius 1 is 1.08 bits per heavy atom. The van der Waals surface area contributed by atoms with Crippen LogP contribution in [0.2, 0.25) is 5.02 Å². The van der Waals surface area contributed by atoms with E-state index in [4.69, 9.17) is 28.6 Å². The Hall–Kier alpha value is -2.31. The van der Waals surface area contributed by atoms with E-state index in [1.807, 2.05) is 24.3 Å². The van der Waals surface area contributed by atoms with Gasteiger partial charge in [-0.2, -0.15) is 0 Å². The largest absolute Gasteiger partial charge is 0.497 e. The average molecular weight is 364 g/mol. The van der Waals surface area contributed by atoms with Crippen LogP contribution in [0.25, 0.3) is 0 Å². The first-order valence-corrected chi connectivity index (χ1v) is 8.10. The van der Waals surface area contributed by atoms with Gasteiger partial charge in [0.15, 0.2) is 5.11 Å². The van der Waals surface area contributed by atoms with E-state index in [1.54, 1.807) is 31.4 Å². The van der Waals surface area contributed by atoms with Crippen LogP contribution in [0, 0.1) is 0 Å². The zero-order valence-corrected chi connectivity index (χ0v) is 14.7. The fourth-order valence-electron chi connectivity index (χ4n) is 1.94. The van der Waals surface area contributed by atoms with Gasteiger partial charge in [-0.1, -0.05) is 23.7 Å². The minimum Gasteiger partial charge on any atom is -0.497 e. The maximum atomic E-state index is 12.0. The smallest absolute Gasteiger partial charge is 0.269 e. The van der Waals surface area contributed by atoms with Gasteiger partial charge < -0.3 is 10.1 Å². The van der Waals surface area contributed by atoms with Crippen molar-refractivity contribution in [3.63, 3.8) is 0 Å². The molecule has 2 rings (SSSR count). The molecular weight excluding hydrogens is 346 g/mol. The van der Waals surface area contributed by atoms with Crippen molar-refractivity contribution in [2.75, 3.05) is 13.7 Å². The molecule has 0 aliphatic heterocycles. The van der Waals surface area contributed by atoms with Crippen molar-refractivity contribution in [1.82, 2.24) is 16.2 Å². The van der Waals surface area contributed by atoms with Gasteiger partial charge in [0, 0.05) is 17.1 Å². The number of benzene rings is 2. The number of nitrogens with one attached hydrogen (secondary N) is 3. The number of carbonyl (C=O) groups is 1. The number of amides is 1. The second kappa shape index (κ2) is 9.10. The minimum atomic E-state index is -0.278. The third kappa shape index (κ3) is 5.72. The lowest BCUT2D eigenvalue weighted by Gasteiger charge is -2.12. The van der Waals surface area contributed by atoms with Crippen LogP contribution in [0.1, 0.15) is 15.9 Å². The van der Waals surface area contributed by atoms with Gasteiger partial charge >= 0.3 is 0 Å². The Morgan fingerprint density at radius 3 is 2.38 bits per heavy atom. The molecule has 2 aromatic carbocycles. The van der Waals surface area contributed by atoms with Crippen LogP contribution in [0.4, 0.5) is 0 Å². The monoisotopic (exact) mass is 363 g/mol. The van der Waals surface area contributed by atoms with Gasteiger partial charge in [0.1, 0.15) is 5.75 Å². The Labute approximate surface area is 151 Å². The van der Waals surface area contributed by atoms with E-state index in [9.17, 15) is 4.79 Å². The van der Waals surface area contributed by atoms with Gasteiger partial charge in [0.05, 0.1) is 7.11 Å². The lowest BCUT2D eigenvalue weighted by atomic mass is 10.1. The van der Waals surface area contributed by atoms with E-state index in [0.29, 0.717) is 28.0 Å². The first-order chi connectivity index (χ1) is 11.6. The summed E-state index contributed by atoms with van der Waals surface area (Å²) >= 11 is 11.0. The van der Waals surface area contributed by atoms with Gasteiger partial charge in [-0.3, -0.25) is 15.6 Å².